The van der Waals surface area contributed by atoms with Crippen molar-refractivity contribution in [2.24, 2.45) is 29.1 Å². The third kappa shape index (κ3) is 4.69. The lowest BCUT2D eigenvalue weighted by molar-refractivity contribution is -0.0729. The van der Waals surface area contributed by atoms with Crippen molar-refractivity contribution in [1.82, 2.24) is 8.61 Å². The number of nitrogens with zero attached hydrogens (tertiary/aromatic N) is 2. The minimum atomic E-state index is -3.83. The van der Waals surface area contributed by atoms with Crippen LogP contribution >= 0.6 is 0 Å². The van der Waals surface area contributed by atoms with Gasteiger partial charge in [0.15, 0.2) is 0 Å². The standard InChI is InChI=1S/C27H42N2O6S2/c1-4-36(31,32)28-13-11-27(12-14-28)18-29(37(33,34)22-8-5-19(2)6-9-22)25(17-30)24-16-20-15-21(35-3)7-10-23(20)26(24)27/h5-6,8-9,20-21,23-26,30H,4,7,10-18H2,1-3H3/t20?,21?,23?,24?,25-,26?/m0/s1. The lowest BCUT2D eigenvalue weighted by Gasteiger charge is -2.57. The molecule has 2 saturated carbocycles. The maximum atomic E-state index is 14.1. The van der Waals surface area contributed by atoms with Gasteiger partial charge in [-0.15, -0.1) is 0 Å². The van der Waals surface area contributed by atoms with Crippen molar-refractivity contribution in [2.75, 3.05) is 39.1 Å². The van der Waals surface area contributed by atoms with Gasteiger partial charge in [-0.25, -0.2) is 21.1 Å². The molecular weight excluding hydrogens is 512 g/mol. The van der Waals surface area contributed by atoms with Gasteiger partial charge in [0.25, 0.3) is 0 Å². The highest BCUT2D eigenvalue weighted by Gasteiger charge is 2.62. The number of aliphatic hydroxyl groups is 1. The number of fused-ring (bicyclic) bond motifs is 4. The molecule has 0 bridgehead atoms. The van der Waals surface area contributed by atoms with Crippen LogP contribution in [-0.2, 0) is 24.8 Å². The van der Waals surface area contributed by atoms with E-state index in [0.717, 1.165) is 31.2 Å². The van der Waals surface area contributed by atoms with Crippen LogP contribution in [0.15, 0.2) is 29.2 Å². The first-order valence-corrected chi connectivity index (χ1v) is 16.8. The maximum absolute atomic E-state index is 14.1. The average molecular weight is 555 g/mol. The first kappa shape index (κ1) is 27.5. The molecule has 1 N–H and O–H groups in total. The second-order valence-corrected chi connectivity index (χ2v) is 15.9. The van der Waals surface area contributed by atoms with Gasteiger partial charge in [-0.3, -0.25) is 0 Å². The first-order valence-electron chi connectivity index (χ1n) is 13.8. The quantitative estimate of drug-likeness (QED) is 0.580. The number of benzene rings is 1. The van der Waals surface area contributed by atoms with E-state index < -0.39 is 26.1 Å². The Morgan fingerprint density at radius 3 is 2.30 bits per heavy atom. The fourth-order valence-electron chi connectivity index (χ4n) is 8.29. The summed E-state index contributed by atoms with van der Waals surface area (Å²) in [5, 5.41) is 10.6. The Balaban J connectivity index is 1.54. The van der Waals surface area contributed by atoms with E-state index in [0.29, 0.717) is 44.3 Å². The predicted molar refractivity (Wildman–Crippen MR) is 142 cm³/mol. The second-order valence-electron chi connectivity index (χ2n) is 11.8. The Kier molecular flexibility index (Phi) is 7.57. The summed E-state index contributed by atoms with van der Waals surface area (Å²) in [4.78, 5) is 0.256. The van der Waals surface area contributed by atoms with Crippen molar-refractivity contribution in [3.63, 3.8) is 0 Å². The van der Waals surface area contributed by atoms with E-state index >= 15 is 0 Å². The highest BCUT2D eigenvalue weighted by Crippen LogP contribution is 2.62. The van der Waals surface area contributed by atoms with E-state index in [9.17, 15) is 21.9 Å². The summed E-state index contributed by atoms with van der Waals surface area (Å²) in [6, 6.07) is 6.47. The Morgan fingerprint density at radius 2 is 1.70 bits per heavy atom. The van der Waals surface area contributed by atoms with Crippen molar-refractivity contribution in [1.29, 1.82) is 0 Å². The molecule has 1 aromatic rings. The van der Waals surface area contributed by atoms with E-state index in [4.69, 9.17) is 4.74 Å². The van der Waals surface area contributed by atoms with Crippen LogP contribution < -0.4 is 0 Å². The van der Waals surface area contributed by atoms with Gasteiger partial charge in [-0.1, -0.05) is 17.7 Å². The van der Waals surface area contributed by atoms with Crippen LogP contribution in [0.5, 0.6) is 0 Å². The summed E-state index contributed by atoms with van der Waals surface area (Å²) in [7, 11) is -5.36. The van der Waals surface area contributed by atoms with E-state index in [-0.39, 0.29) is 40.6 Å². The normalized spacial score (nSPS) is 34.8. The average Bonchev–Trinajstić information content (AvgIpc) is 3.28. The van der Waals surface area contributed by atoms with E-state index in [1.54, 1.807) is 34.8 Å². The van der Waals surface area contributed by atoms with Crippen LogP contribution in [-0.4, -0.2) is 81.8 Å². The van der Waals surface area contributed by atoms with Gasteiger partial charge in [-0.05, 0) is 93.6 Å². The number of ether oxygens (including phenoxy) is 1. The molecule has 0 radical (unpaired) electrons. The molecule has 2 heterocycles. The molecule has 208 valence electrons. The fourth-order valence-corrected chi connectivity index (χ4v) is 11.1. The Morgan fingerprint density at radius 1 is 1.03 bits per heavy atom. The van der Waals surface area contributed by atoms with Gasteiger partial charge in [0.2, 0.25) is 20.0 Å². The molecule has 2 aliphatic heterocycles. The number of rotatable bonds is 6. The summed E-state index contributed by atoms with van der Waals surface area (Å²) in [6.07, 6.45) is 5.45. The smallest absolute Gasteiger partial charge is 0.243 e. The maximum Gasteiger partial charge on any atom is 0.243 e. The molecule has 0 amide bonds. The van der Waals surface area contributed by atoms with Crippen molar-refractivity contribution >= 4 is 20.0 Å². The molecule has 4 aliphatic rings. The number of methoxy groups -OCH3 is 1. The molecular formula is C27H42N2O6S2. The number of aryl methyl sites for hydroxylation is 1. The SMILES string of the molecule is CCS(=O)(=O)N1CCC2(CC1)CN(S(=O)(=O)c1ccc(C)cc1)[C@@H](CO)C1CC3CC(OC)CCC3C12. The van der Waals surface area contributed by atoms with Gasteiger partial charge < -0.3 is 9.84 Å². The Hall–Kier alpha value is -1.04. The molecule has 1 aromatic carbocycles. The van der Waals surface area contributed by atoms with Gasteiger partial charge in [0.05, 0.1) is 29.4 Å². The molecule has 5 unspecified atom stereocenters. The molecule has 5 rings (SSSR count). The van der Waals surface area contributed by atoms with Gasteiger partial charge in [0, 0.05) is 26.7 Å². The van der Waals surface area contributed by atoms with E-state index in [2.05, 4.69) is 0 Å². The molecule has 0 aromatic heterocycles. The van der Waals surface area contributed by atoms with Crippen LogP contribution in [0.25, 0.3) is 0 Å². The van der Waals surface area contributed by atoms with Crippen LogP contribution in [0.3, 0.4) is 0 Å². The summed E-state index contributed by atoms with van der Waals surface area (Å²) in [6.45, 7) is 4.60. The number of piperidine rings is 2. The van der Waals surface area contributed by atoms with E-state index in [1.165, 1.54) is 0 Å². The molecule has 8 nitrogen and oxygen atoms in total. The molecule has 2 saturated heterocycles. The largest absolute Gasteiger partial charge is 0.395 e. The second kappa shape index (κ2) is 10.2. The highest BCUT2D eigenvalue weighted by atomic mass is 32.2. The third-order valence-corrected chi connectivity index (χ3v) is 13.9. The van der Waals surface area contributed by atoms with Crippen LogP contribution in [0, 0.1) is 36.0 Å². The molecule has 6 atom stereocenters. The molecule has 37 heavy (non-hydrogen) atoms. The Labute approximate surface area is 222 Å². The minimum absolute atomic E-state index is 0.0545. The molecule has 1 spiro atoms. The number of hydrogen-bond donors (Lipinski definition) is 1. The monoisotopic (exact) mass is 554 g/mol. The van der Waals surface area contributed by atoms with Gasteiger partial charge in [0.1, 0.15) is 0 Å². The van der Waals surface area contributed by atoms with Gasteiger partial charge in [-0.2, -0.15) is 4.31 Å². The van der Waals surface area contributed by atoms with Crippen molar-refractivity contribution < 1.29 is 26.7 Å². The van der Waals surface area contributed by atoms with E-state index in [1.807, 2.05) is 19.1 Å². The summed E-state index contributed by atoms with van der Waals surface area (Å²) in [5.74, 6) is 1.32. The summed E-state index contributed by atoms with van der Waals surface area (Å²) in [5.41, 5.74) is 0.692. The predicted octanol–water partition coefficient (Wildman–Crippen LogP) is 2.86. The Bertz CT molecular complexity index is 1180. The lowest BCUT2D eigenvalue weighted by atomic mass is 9.57. The minimum Gasteiger partial charge on any atom is -0.395 e. The topological polar surface area (TPSA) is 104 Å². The lowest BCUT2D eigenvalue weighted by Crippen LogP contribution is -2.63. The zero-order chi connectivity index (χ0) is 26.6. The van der Waals surface area contributed by atoms with Crippen LogP contribution in [0.4, 0.5) is 0 Å². The third-order valence-electron chi connectivity index (χ3n) is 10.2. The zero-order valence-electron chi connectivity index (χ0n) is 22.3. The molecule has 4 fully saturated rings. The summed E-state index contributed by atoms with van der Waals surface area (Å²) < 4.78 is 62.3. The number of hydrogen-bond acceptors (Lipinski definition) is 6. The summed E-state index contributed by atoms with van der Waals surface area (Å²) >= 11 is 0. The zero-order valence-corrected chi connectivity index (χ0v) is 23.9. The van der Waals surface area contributed by atoms with Crippen LogP contribution in [0.2, 0.25) is 0 Å². The number of aliphatic hydroxyl groups excluding tert-OH is 1. The molecule has 10 heteroatoms. The fraction of sp³-hybridized carbons (Fsp3) is 0.778. The van der Waals surface area contributed by atoms with Gasteiger partial charge >= 0.3 is 0 Å². The number of sulfonamides is 2. The van der Waals surface area contributed by atoms with Crippen molar-refractivity contribution in [3.8, 4) is 0 Å². The first-order chi connectivity index (χ1) is 17.6. The highest BCUT2D eigenvalue weighted by molar-refractivity contribution is 7.89. The van der Waals surface area contributed by atoms with Crippen molar-refractivity contribution in [2.45, 2.75) is 69.4 Å². The van der Waals surface area contributed by atoms with Crippen molar-refractivity contribution in [3.05, 3.63) is 29.8 Å². The molecule has 2 aliphatic carbocycles. The van der Waals surface area contributed by atoms with Crippen LogP contribution in [0.1, 0.15) is 51.0 Å².